The number of hydrogen-bond acceptors (Lipinski definition) is 3. The first-order chi connectivity index (χ1) is 14.2. The van der Waals surface area contributed by atoms with Crippen molar-refractivity contribution in [3.05, 3.63) is 64.1 Å². The molecular weight excluding hydrogens is 388 g/mol. The van der Waals surface area contributed by atoms with Crippen molar-refractivity contribution < 1.29 is 13.6 Å². The highest BCUT2D eigenvalue weighted by molar-refractivity contribution is 5.92. The zero-order valence-corrected chi connectivity index (χ0v) is 18.0. The summed E-state index contributed by atoms with van der Waals surface area (Å²) in [5.74, 6) is -0.343. The number of nitrogens with zero attached hydrogens (tertiary/aromatic N) is 4. The average Bonchev–Trinajstić information content (AvgIpc) is 3.12. The summed E-state index contributed by atoms with van der Waals surface area (Å²) in [6.07, 6.45) is 1.76. The molecular formula is C22H27F2N5O. The Balaban J connectivity index is 1.78. The number of carbonyl (C=O) groups excluding carboxylic acids is 1. The van der Waals surface area contributed by atoms with Crippen LogP contribution in [0.5, 0.6) is 0 Å². The number of rotatable bonds is 7. The second-order valence-electron chi connectivity index (χ2n) is 8.02. The highest BCUT2D eigenvalue weighted by atomic mass is 19.1. The Kier molecular flexibility index (Phi) is 6.34. The monoisotopic (exact) mass is 415 g/mol. The second kappa shape index (κ2) is 8.77. The van der Waals surface area contributed by atoms with Gasteiger partial charge in [0.05, 0.1) is 24.9 Å². The van der Waals surface area contributed by atoms with Crippen molar-refractivity contribution in [2.24, 2.45) is 5.92 Å². The Bertz CT molecular complexity index is 1070. The molecule has 0 spiro atoms. The van der Waals surface area contributed by atoms with Crippen molar-refractivity contribution in [3.8, 4) is 0 Å². The van der Waals surface area contributed by atoms with E-state index in [0.717, 1.165) is 47.3 Å². The second-order valence-corrected chi connectivity index (χ2v) is 8.02. The maximum Gasteiger partial charge on any atom is 0.230 e. The smallest absolute Gasteiger partial charge is 0.230 e. The summed E-state index contributed by atoms with van der Waals surface area (Å²) in [5, 5.41) is 11.6. The van der Waals surface area contributed by atoms with Crippen LogP contribution in [0.1, 0.15) is 41.9 Å². The third-order valence-corrected chi connectivity index (χ3v) is 5.01. The topological polar surface area (TPSA) is 64.7 Å². The van der Waals surface area contributed by atoms with Crippen LogP contribution in [0.15, 0.2) is 24.4 Å². The highest BCUT2D eigenvalue weighted by Gasteiger charge is 2.18. The van der Waals surface area contributed by atoms with Gasteiger partial charge in [0.25, 0.3) is 0 Å². The summed E-state index contributed by atoms with van der Waals surface area (Å²) in [5.41, 5.74) is 3.60. The average molecular weight is 415 g/mol. The molecule has 0 unspecified atom stereocenters. The number of benzene rings is 1. The minimum Gasteiger partial charge on any atom is -0.310 e. The van der Waals surface area contributed by atoms with Crippen LogP contribution in [0.4, 0.5) is 14.6 Å². The number of anilines is 1. The largest absolute Gasteiger partial charge is 0.310 e. The predicted molar refractivity (Wildman–Crippen MR) is 111 cm³/mol. The Hall–Kier alpha value is -3.03. The summed E-state index contributed by atoms with van der Waals surface area (Å²) >= 11 is 0. The van der Waals surface area contributed by atoms with Gasteiger partial charge in [-0.3, -0.25) is 9.48 Å². The van der Waals surface area contributed by atoms with Crippen LogP contribution in [0.2, 0.25) is 0 Å². The zero-order valence-electron chi connectivity index (χ0n) is 18.0. The van der Waals surface area contributed by atoms with Gasteiger partial charge >= 0.3 is 0 Å². The lowest BCUT2D eigenvalue weighted by atomic mass is 10.1. The van der Waals surface area contributed by atoms with Crippen LogP contribution in [-0.4, -0.2) is 25.5 Å². The molecule has 3 aromatic rings. The Labute approximate surface area is 174 Å². The molecule has 2 aromatic heterocycles. The molecule has 0 aliphatic heterocycles. The van der Waals surface area contributed by atoms with Crippen molar-refractivity contribution in [2.45, 2.75) is 54.1 Å². The molecule has 0 fully saturated rings. The molecule has 30 heavy (non-hydrogen) atoms. The third kappa shape index (κ3) is 4.75. The van der Waals surface area contributed by atoms with E-state index in [-0.39, 0.29) is 24.4 Å². The number of amides is 1. The number of aromatic nitrogens is 4. The van der Waals surface area contributed by atoms with Gasteiger partial charge in [-0.25, -0.2) is 13.5 Å². The molecule has 1 N–H and O–H groups in total. The summed E-state index contributed by atoms with van der Waals surface area (Å²) in [6, 6.07) is 3.29. The molecule has 8 heteroatoms. The Morgan fingerprint density at radius 3 is 2.60 bits per heavy atom. The molecule has 0 radical (unpaired) electrons. The first-order valence-corrected chi connectivity index (χ1v) is 9.94. The lowest BCUT2D eigenvalue weighted by molar-refractivity contribution is -0.115. The molecule has 0 saturated carbocycles. The number of carbonyl (C=O) groups is 1. The minimum atomic E-state index is -0.523. The van der Waals surface area contributed by atoms with E-state index in [4.69, 9.17) is 0 Å². The van der Waals surface area contributed by atoms with Crippen molar-refractivity contribution in [2.75, 3.05) is 5.32 Å². The fourth-order valence-corrected chi connectivity index (χ4v) is 3.44. The third-order valence-electron chi connectivity index (χ3n) is 5.01. The molecule has 1 amide bonds. The SMILES string of the molecule is Cc1cnn(Cc2cc(F)ccc2F)c1NC(=O)Cc1c(C)nn(CC(C)C)c1C. The van der Waals surface area contributed by atoms with E-state index >= 15 is 0 Å². The van der Waals surface area contributed by atoms with Crippen LogP contribution in [0.3, 0.4) is 0 Å². The zero-order chi connectivity index (χ0) is 22.0. The number of hydrogen-bond donors (Lipinski definition) is 1. The fraction of sp³-hybridized carbons (Fsp3) is 0.409. The quantitative estimate of drug-likeness (QED) is 0.630. The van der Waals surface area contributed by atoms with E-state index in [9.17, 15) is 13.6 Å². The summed E-state index contributed by atoms with van der Waals surface area (Å²) in [4.78, 5) is 12.8. The summed E-state index contributed by atoms with van der Waals surface area (Å²) < 4.78 is 30.9. The van der Waals surface area contributed by atoms with Crippen LogP contribution < -0.4 is 5.32 Å². The molecule has 0 bridgehead atoms. The number of aryl methyl sites for hydroxylation is 2. The predicted octanol–water partition coefficient (Wildman–Crippen LogP) is 4.17. The van der Waals surface area contributed by atoms with Gasteiger partial charge < -0.3 is 5.32 Å². The number of halogens is 2. The van der Waals surface area contributed by atoms with Gasteiger partial charge in [-0.2, -0.15) is 10.2 Å². The lowest BCUT2D eigenvalue weighted by Crippen LogP contribution is -2.19. The molecule has 0 aliphatic carbocycles. The van der Waals surface area contributed by atoms with Crippen molar-refractivity contribution in [1.29, 1.82) is 0 Å². The Morgan fingerprint density at radius 2 is 1.90 bits per heavy atom. The molecule has 0 aliphatic rings. The van der Waals surface area contributed by atoms with Gasteiger partial charge in [-0.1, -0.05) is 13.8 Å². The van der Waals surface area contributed by atoms with E-state index in [0.29, 0.717) is 11.7 Å². The van der Waals surface area contributed by atoms with Crippen molar-refractivity contribution >= 4 is 11.7 Å². The van der Waals surface area contributed by atoms with E-state index in [1.54, 1.807) is 13.1 Å². The summed E-state index contributed by atoms with van der Waals surface area (Å²) in [6.45, 7) is 10.7. The van der Waals surface area contributed by atoms with Gasteiger partial charge in [0, 0.05) is 28.9 Å². The van der Waals surface area contributed by atoms with E-state index in [1.165, 1.54) is 4.68 Å². The first-order valence-electron chi connectivity index (χ1n) is 9.94. The molecule has 6 nitrogen and oxygen atoms in total. The Morgan fingerprint density at radius 1 is 1.17 bits per heavy atom. The lowest BCUT2D eigenvalue weighted by Gasteiger charge is -2.12. The molecule has 2 heterocycles. The molecule has 3 rings (SSSR count). The highest BCUT2D eigenvalue weighted by Crippen LogP contribution is 2.20. The van der Waals surface area contributed by atoms with Crippen LogP contribution >= 0.6 is 0 Å². The van der Waals surface area contributed by atoms with E-state index in [1.807, 2.05) is 18.5 Å². The van der Waals surface area contributed by atoms with Gasteiger partial charge in [-0.05, 0) is 44.9 Å². The molecule has 160 valence electrons. The van der Waals surface area contributed by atoms with Gasteiger partial charge in [0.2, 0.25) is 5.91 Å². The molecule has 1 aromatic carbocycles. The van der Waals surface area contributed by atoms with Gasteiger partial charge in [0.1, 0.15) is 17.5 Å². The maximum absolute atomic E-state index is 14.0. The van der Waals surface area contributed by atoms with Gasteiger partial charge in [-0.15, -0.1) is 0 Å². The minimum absolute atomic E-state index is 0.0113. The van der Waals surface area contributed by atoms with Crippen LogP contribution in [0, 0.1) is 38.3 Å². The van der Waals surface area contributed by atoms with E-state index < -0.39 is 11.6 Å². The van der Waals surface area contributed by atoms with Crippen LogP contribution in [-0.2, 0) is 24.3 Å². The molecule has 0 saturated heterocycles. The fourth-order valence-electron chi connectivity index (χ4n) is 3.44. The summed E-state index contributed by atoms with van der Waals surface area (Å²) in [7, 11) is 0. The first kappa shape index (κ1) is 21.7. The number of nitrogens with one attached hydrogen (secondary N) is 1. The standard InChI is InChI=1S/C22H27F2N5O/c1-13(2)11-28-16(5)19(15(4)27-28)9-21(30)26-22-14(3)10-25-29(22)12-17-8-18(23)6-7-20(17)24/h6-8,10,13H,9,11-12H2,1-5H3,(H,26,30). The maximum atomic E-state index is 14.0. The van der Waals surface area contributed by atoms with E-state index in [2.05, 4.69) is 29.4 Å². The molecule has 0 atom stereocenters. The van der Waals surface area contributed by atoms with Gasteiger partial charge in [0.15, 0.2) is 0 Å². The normalized spacial score (nSPS) is 11.3. The van der Waals surface area contributed by atoms with Crippen LogP contribution in [0.25, 0.3) is 0 Å². The van der Waals surface area contributed by atoms with Crippen molar-refractivity contribution in [3.63, 3.8) is 0 Å². The van der Waals surface area contributed by atoms with Crippen molar-refractivity contribution in [1.82, 2.24) is 19.6 Å².